The first-order chi connectivity index (χ1) is 9.97. The third-order valence-electron chi connectivity index (χ3n) is 2.79. The number of aryl methyl sites for hydroxylation is 1. The van der Waals surface area contributed by atoms with Gasteiger partial charge in [-0.05, 0) is 37.3 Å². The first-order valence-corrected chi connectivity index (χ1v) is 6.12. The highest BCUT2D eigenvalue weighted by Gasteiger charge is 2.07. The highest BCUT2D eigenvalue weighted by molar-refractivity contribution is 5.95. The average Bonchev–Trinajstić information content (AvgIpc) is 2.45. The van der Waals surface area contributed by atoms with Crippen LogP contribution in [0, 0.1) is 6.92 Å². The van der Waals surface area contributed by atoms with Gasteiger partial charge < -0.3 is 15.3 Å². The molecule has 0 aromatic heterocycles. The van der Waals surface area contributed by atoms with Gasteiger partial charge in [0.2, 0.25) is 0 Å². The number of amides is 1. The summed E-state index contributed by atoms with van der Waals surface area (Å²) in [6, 6.07) is 8.70. The number of nitrogens with zero attached hydrogens (tertiary/aromatic N) is 1. The number of hydrazone groups is 1. The number of carbonyl (C=O) groups excluding carboxylic acids is 1. The molecule has 0 saturated carbocycles. The first kappa shape index (κ1) is 14.4. The Kier molecular flexibility index (Phi) is 4.08. The van der Waals surface area contributed by atoms with Crippen molar-refractivity contribution in [2.24, 2.45) is 5.10 Å². The van der Waals surface area contributed by atoms with E-state index in [9.17, 15) is 15.0 Å². The van der Waals surface area contributed by atoms with Crippen LogP contribution in [0.4, 0.5) is 0 Å². The Balaban J connectivity index is 2.08. The van der Waals surface area contributed by atoms with Crippen molar-refractivity contribution < 1.29 is 20.1 Å². The SMILES string of the molecule is Cc1ccc(O)c(/C=N/NC(=O)c2ccc(O)c(O)c2)c1. The second kappa shape index (κ2) is 5.96. The topological polar surface area (TPSA) is 102 Å². The Morgan fingerprint density at radius 3 is 2.48 bits per heavy atom. The number of benzene rings is 2. The Hall–Kier alpha value is -3.02. The minimum Gasteiger partial charge on any atom is -0.507 e. The first-order valence-electron chi connectivity index (χ1n) is 6.12. The summed E-state index contributed by atoms with van der Waals surface area (Å²) in [6.07, 6.45) is 1.32. The van der Waals surface area contributed by atoms with E-state index in [1.54, 1.807) is 12.1 Å². The number of nitrogens with one attached hydrogen (secondary N) is 1. The van der Waals surface area contributed by atoms with Crippen LogP contribution in [0.2, 0.25) is 0 Å². The number of rotatable bonds is 3. The third kappa shape index (κ3) is 3.50. The quantitative estimate of drug-likeness (QED) is 0.393. The van der Waals surface area contributed by atoms with Gasteiger partial charge in [-0.25, -0.2) is 5.43 Å². The van der Waals surface area contributed by atoms with Gasteiger partial charge in [-0.3, -0.25) is 4.79 Å². The van der Waals surface area contributed by atoms with E-state index in [1.165, 1.54) is 24.4 Å². The highest BCUT2D eigenvalue weighted by atomic mass is 16.3. The third-order valence-corrected chi connectivity index (χ3v) is 2.79. The van der Waals surface area contributed by atoms with E-state index in [0.29, 0.717) is 5.56 Å². The van der Waals surface area contributed by atoms with Gasteiger partial charge in [-0.15, -0.1) is 0 Å². The summed E-state index contributed by atoms with van der Waals surface area (Å²) in [5.41, 5.74) is 3.84. The molecule has 0 aliphatic carbocycles. The van der Waals surface area contributed by atoms with E-state index in [0.717, 1.165) is 11.6 Å². The number of carbonyl (C=O) groups is 1. The summed E-state index contributed by atoms with van der Waals surface area (Å²) < 4.78 is 0. The van der Waals surface area contributed by atoms with Crippen LogP contribution >= 0.6 is 0 Å². The molecule has 0 aliphatic heterocycles. The van der Waals surface area contributed by atoms with E-state index in [2.05, 4.69) is 10.5 Å². The Bertz CT molecular complexity index is 711. The molecular weight excluding hydrogens is 272 g/mol. The van der Waals surface area contributed by atoms with Gasteiger partial charge in [-0.2, -0.15) is 5.10 Å². The van der Waals surface area contributed by atoms with E-state index in [-0.39, 0.29) is 22.8 Å². The molecule has 0 fully saturated rings. The summed E-state index contributed by atoms with van der Waals surface area (Å²) in [5.74, 6) is -1.18. The molecule has 0 aliphatic rings. The molecule has 0 heterocycles. The second-order valence-corrected chi connectivity index (χ2v) is 4.46. The molecule has 0 bridgehead atoms. The smallest absolute Gasteiger partial charge is 0.271 e. The van der Waals surface area contributed by atoms with Gasteiger partial charge in [0.1, 0.15) is 5.75 Å². The monoisotopic (exact) mass is 286 g/mol. The van der Waals surface area contributed by atoms with Gasteiger partial charge in [0.05, 0.1) is 6.21 Å². The molecule has 0 radical (unpaired) electrons. The fourth-order valence-corrected chi connectivity index (χ4v) is 1.67. The maximum Gasteiger partial charge on any atom is 0.271 e. The Morgan fingerprint density at radius 1 is 1.05 bits per heavy atom. The molecule has 108 valence electrons. The summed E-state index contributed by atoms with van der Waals surface area (Å²) in [5, 5.41) is 31.8. The summed E-state index contributed by atoms with van der Waals surface area (Å²) in [7, 11) is 0. The zero-order valence-electron chi connectivity index (χ0n) is 11.2. The minimum absolute atomic E-state index is 0.0564. The summed E-state index contributed by atoms with van der Waals surface area (Å²) >= 11 is 0. The van der Waals surface area contributed by atoms with Gasteiger partial charge in [0.25, 0.3) is 5.91 Å². The largest absolute Gasteiger partial charge is 0.507 e. The lowest BCUT2D eigenvalue weighted by molar-refractivity contribution is 0.0954. The lowest BCUT2D eigenvalue weighted by atomic mass is 10.1. The van der Waals surface area contributed by atoms with Crippen molar-refractivity contribution in [3.05, 3.63) is 53.1 Å². The van der Waals surface area contributed by atoms with Gasteiger partial charge in [-0.1, -0.05) is 11.6 Å². The fraction of sp³-hybridized carbons (Fsp3) is 0.0667. The molecule has 1 amide bonds. The van der Waals surface area contributed by atoms with Crippen LogP contribution in [0.5, 0.6) is 17.2 Å². The maximum absolute atomic E-state index is 11.8. The van der Waals surface area contributed by atoms with Crippen LogP contribution < -0.4 is 5.43 Å². The van der Waals surface area contributed by atoms with Crippen LogP contribution in [-0.2, 0) is 0 Å². The number of phenolic OH excluding ortho intramolecular Hbond substituents is 3. The summed E-state index contributed by atoms with van der Waals surface area (Å²) in [4.78, 5) is 11.8. The molecule has 0 spiro atoms. The van der Waals surface area contributed by atoms with E-state index < -0.39 is 5.91 Å². The molecular formula is C15H14N2O4. The molecule has 21 heavy (non-hydrogen) atoms. The number of phenols is 3. The van der Waals surface area contributed by atoms with E-state index in [1.807, 2.05) is 6.92 Å². The predicted octanol–water partition coefficient (Wildman–Crippen LogP) is 1.88. The Morgan fingerprint density at radius 2 is 1.76 bits per heavy atom. The zero-order chi connectivity index (χ0) is 15.4. The second-order valence-electron chi connectivity index (χ2n) is 4.46. The minimum atomic E-state index is -0.548. The zero-order valence-corrected chi connectivity index (χ0v) is 11.2. The number of hydrogen-bond acceptors (Lipinski definition) is 5. The lowest BCUT2D eigenvalue weighted by Gasteiger charge is -2.03. The highest BCUT2D eigenvalue weighted by Crippen LogP contribution is 2.24. The molecule has 2 aromatic carbocycles. The number of aromatic hydroxyl groups is 3. The van der Waals surface area contributed by atoms with Crippen LogP contribution in [0.1, 0.15) is 21.5 Å². The fourth-order valence-electron chi connectivity index (χ4n) is 1.67. The number of hydrogen-bond donors (Lipinski definition) is 4. The van der Waals surface area contributed by atoms with Crippen LogP contribution in [0.3, 0.4) is 0 Å². The average molecular weight is 286 g/mol. The van der Waals surface area contributed by atoms with Crippen LogP contribution in [0.15, 0.2) is 41.5 Å². The Labute approximate surface area is 121 Å². The van der Waals surface area contributed by atoms with E-state index >= 15 is 0 Å². The normalized spacial score (nSPS) is 10.7. The molecule has 6 nitrogen and oxygen atoms in total. The van der Waals surface area contributed by atoms with Crippen molar-refractivity contribution in [3.63, 3.8) is 0 Å². The summed E-state index contributed by atoms with van der Waals surface area (Å²) in [6.45, 7) is 1.87. The van der Waals surface area contributed by atoms with Crippen LogP contribution in [0.25, 0.3) is 0 Å². The van der Waals surface area contributed by atoms with Crippen molar-refractivity contribution in [2.45, 2.75) is 6.92 Å². The molecule has 0 atom stereocenters. The molecule has 0 saturated heterocycles. The van der Waals surface area contributed by atoms with Crippen molar-refractivity contribution in [2.75, 3.05) is 0 Å². The van der Waals surface area contributed by atoms with Crippen molar-refractivity contribution in [1.82, 2.24) is 5.43 Å². The van der Waals surface area contributed by atoms with Gasteiger partial charge in [0, 0.05) is 11.1 Å². The van der Waals surface area contributed by atoms with Crippen LogP contribution in [-0.4, -0.2) is 27.4 Å². The molecule has 2 aromatic rings. The maximum atomic E-state index is 11.8. The molecule has 0 unspecified atom stereocenters. The van der Waals surface area contributed by atoms with Gasteiger partial charge >= 0.3 is 0 Å². The van der Waals surface area contributed by atoms with Crippen molar-refractivity contribution in [1.29, 1.82) is 0 Å². The predicted molar refractivity (Wildman–Crippen MR) is 77.7 cm³/mol. The standard InChI is InChI=1S/C15H14N2O4/c1-9-2-4-12(18)11(6-9)8-16-17-15(21)10-3-5-13(19)14(20)7-10/h2-8,18-20H,1H3,(H,17,21)/b16-8+. The van der Waals surface area contributed by atoms with E-state index in [4.69, 9.17) is 5.11 Å². The van der Waals surface area contributed by atoms with Crippen molar-refractivity contribution >= 4 is 12.1 Å². The molecule has 4 N–H and O–H groups in total. The van der Waals surface area contributed by atoms with Crippen molar-refractivity contribution in [3.8, 4) is 17.2 Å². The molecule has 6 heteroatoms. The molecule has 2 rings (SSSR count). The van der Waals surface area contributed by atoms with Gasteiger partial charge in [0.15, 0.2) is 11.5 Å². The lowest BCUT2D eigenvalue weighted by Crippen LogP contribution is -2.17.